The standard InChI is InChI=1S/C21H20N6O2/c1-4-18-24-20-16-7-5-6-13(11-22)19(16)25-21(27(20)26-18)23-12-14-8-9-15(28-2)10-17(14)29-3/h5-10H,4,12H2,1-3H3,(H,23,25). The fourth-order valence-corrected chi connectivity index (χ4v) is 3.20. The predicted molar refractivity (Wildman–Crippen MR) is 109 cm³/mol. The number of aromatic nitrogens is 4. The van der Waals surface area contributed by atoms with Gasteiger partial charge in [-0.15, -0.1) is 5.10 Å². The molecule has 0 bridgehead atoms. The molecule has 0 unspecified atom stereocenters. The number of rotatable bonds is 6. The van der Waals surface area contributed by atoms with E-state index in [1.54, 1.807) is 24.8 Å². The van der Waals surface area contributed by atoms with Crippen molar-refractivity contribution in [2.24, 2.45) is 0 Å². The number of fused-ring (bicyclic) bond motifs is 3. The van der Waals surface area contributed by atoms with Crippen LogP contribution in [0.5, 0.6) is 11.5 Å². The summed E-state index contributed by atoms with van der Waals surface area (Å²) in [7, 11) is 3.24. The number of benzene rings is 2. The smallest absolute Gasteiger partial charge is 0.226 e. The minimum Gasteiger partial charge on any atom is -0.497 e. The van der Waals surface area contributed by atoms with Gasteiger partial charge in [-0.1, -0.05) is 13.0 Å². The lowest BCUT2D eigenvalue weighted by Crippen LogP contribution is -2.09. The van der Waals surface area contributed by atoms with Gasteiger partial charge in [-0.2, -0.15) is 9.78 Å². The number of anilines is 1. The number of hydrogen-bond donors (Lipinski definition) is 1. The van der Waals surface area contributed by atoms with Gasteiger partial charge in [-0.25, -0.2) is 9.97 Å². The van der Waals surface area contributed by atoms with E-state index in [0.717, 1.165) is 16.7 Å². The van der Waals surface area contributed by atoms with Crippen LogP contribution >= 0.6 is 0 Å². The quantitative estimate of drug-likeness (QED) is 0.541. The average molecular weight is 388 g/mol. The van der Waals surface area contributed by atoms with Gasteiger partial charge in [-0.3, -0.25) is 0 Å². The molecule has 2 aromatic carbocycles. The molecular formula is C21H20N6O2. The van der Waals surface area contributed by atoms with Gasteiger partial charge in [0, 0.05) is 30.0 Å². The molecule has 0 atom stereocenters. The molecule has 0 amide bonds. The monoisotopic (exact) mass is 388 g/mol. The van der Waals surface area contributed by atoms with Crippen LogP contribution < -0.4 is 14.8 Å². The van der Waals surface area contributed by atoms with Crippen LogP contribution in [0, 0.1) is 11.3 Å². The van der Waals surface area contributed by atoms with Gasteiger partial charge in [0.1, 0.15) is 17.6 Å². The number of methoxy groups -OCH3 is 2. The zero-order valence-corrected chi connectivity index (χ0v) is 16.4. The second kappa shape index (κ2) is 7.64. The number of ether oxygens (including phenoxy) is 2. The molecule has 8 nitrogen and oxygen atoms in total. The molecule has 0 aliphatic heterocycles. The summed E-state index contributed by atoms with van der Waals surface area (Å²) in [5.41, 5.74) is 2.71. The van der Waals surface area contributed by atoms with Gasteiger partial charge in [0.2, 0.25) is 5.95 Å². The Kier molecular flexibility index (Phi) is 4.87. The van der Waals surface area contributed by atoms with Gasteiger partial charge in [0.05, 0.1) is 25.3 Å². The summed E-state index contributed by atoms with van der Waals surface area (Å²) in [5, 5.41) is 18.2. The van der Waals surface area contributed by atoms with Crippen LogP contribution in [-0.2, 0) is 13.0 Å². The van der Waals surface area contributed by atoms with E-state index in [0.29, 0.717) is 47.2 Å². The maximum Gasteiger partial charge on any atom is 0.226 e. The molecule has 0 saturated heterocycles. The van der Waals surface area contributed by atoms with E-state index in [2.05, 4.69) is 26.5 Å². The molecule has 8 heteroatoms. The van der Waals surface area contributed by atoms with E-state index in [-0.39, 0.29) is 0 Å². The van der Waals surface area contributed by atoms with Crippen molar-refractivity contribution < 1.29 is 9.47 Å². The Balaban J connectivity index is 1.80. The number of para-hydroxylation sites is 1. The first-order valence-electron chi connectivity index (χ1n) is 9.21. The lowest BCUT2D eigenvalue weighted by atomic mass is 10.1. The maximum absolute atomic E-state index is 9.49. The Labute approximate surface area is 167 Å². The van der Waals surface area contributed by atoms with Crippen molar-refractivity contribution in [3.8, 4) is 17.6 Å². The van der Waals surface area contributed by atoms with Crippen LogP contribution in [0.3, 0.4) is 0 Å². The number of nitrogens with one attached hydrogen (secondary N) is 1. The average Bonchev–Trinajstić information content (AvgIpc) is 3.22. The summed E-state index contributed by atoms with van der Waals surface area (Å²) in [5.74, 6) is 2.66. The summed E-state index contributed by atoms with van der Waals surface area (Å²) in [6.07, 6.45) is 0.701. The third-order valence-corrected chi connectivity index (χ3v) is 4.71. The van der Waals surface area contributed by atoms with Crippen LogP contribution in [0.25, 0.3) is 16.6 Å². The zero-order valence-electron chi connectivity index (χ0n) is 16.4. The highest BCUT2D eigenvalue weighted by molar-refractivity contribution is 5.95. The van der Waals surface area contributed by atoms with Crippen LogP contribution in [0.4, 0.5) is 5.95 Å². The Hall–Kier alpha value is -3.86. The van der Waals surface area contributed by atoms with E-state index in [1.165, 1.54) is 0 Å². The first-order chi connectivity index (χ1) is 14.2. The predicted octanol–water partition coefficient (Wildman–Crippen LogP) is 3.34. The van der Waals surface area contributed by atoms with E-state index in [1.807, 2.05) is 37.3 Å². The van der Waals surface area contributed by atoms with Gasteiger partial charge in [0.15, 0.2) is 11.5 Å². The molecular weight excluding hydrogens is 368 g/mol. The highest BCUT2D eigenvalue weighted by Crippen LogP contribution is 2.27. The second-order valence-electron chi connectivity index (χ2n) is 6.40. The Morgan fingerprint density at radius 3 is 2.72 bits per heavy atom. The minimum absolute atomic E-state index is 0.455. The van der Waals surface area contributed by atoms with E-state index >= 15 is 0 Å². The fourth-order valence-electron chi connectivity index (χ4n) is 3.20. The molecule has 0 radical (unpaired) electrons. The summed E-state index contributed by atoms with van der Waals surface area (Å²) in [4.78, 5) is 9.32. The Bertz CT molecular complexity index is 1240. The van der Waals surface area contributed by atoms with Crippen molar-refractivity contribution in [1.29, 1.82) is 5.26 Å². The lowest BCUT2D eigenvalue weighted by Gasteiger charge is -2.13. The number of nitriles is 1. The summed E-state index contributed by atoms with van der Waals surface area (Å²) in [6.45, 7) is 2.46. The molecule has 4 aromatic rings. The highest BCUT2D eigenvalue weighted by atomic mass is 16.5. The number of nitrogens with zero attached hydrogens (tertiary/aromatic N) is 5. The first kappa shape index (κ1) is 18.5. The molecule has 0 fully saturated rings. The molecule has 0 aliphatic carbocycles. The lowest BCUT2D eigenvalue weighted by molar-refractivity contribution is 0.391. The molecule has 0 aliphatic rings. The van der Waals surface area contributed by atoms with Crippen LogP contribution in [0.15, 0.2) is 36.4 Å². The zero-order chi connectivity index (χ0) is 20.4. The Morgan fingerprint density at radius 2 is 2.00 bits per heavy atom. The normalized spacial score (nSPS) is 10.8. The van der Waals surface area contributed by atoms with Crippen molar-refractivity contribution in [2.45, 2.75) is 19.9 Å². The van der Waals surface area contributed by atoms with Crippen molar-refractivity contribution in [3.63, 3.8) is 0 Å². The number of hydrogen-bond acceptors (Lipinski definition) is 7. The highest BCUT2D eigenvalue weighted by Gasteiger charge is 2.15. The van der Waals surface area contributed by atoms with Gasteiger partial charge in [0.25, 0.3) is 0 Å². The Morgan fingerprint density at radius 1 is 1.14 bits per heavy atom. The largest absolute Gasteiger partial charge is 0.497 e. The van der Waals surface area contributed by atoms with Gasteiger partial charge < -0.3 is 14.8 Å². The summed E-state index contributed by atoms with van der Waals surface area (Å²) < 4.78 is 12.4. The third kappa shape index (κ3) is 3.27. The molecule has 29 heavy (non-hydrogen) atoms. The van der Waals surface area contributed by atoms with Gasteiger partial charge >= 0.3 is 0 Å². The molecule has 4 rings (SSSR count). The molecule has 1 N–H and O–H groups in total. The van der Waals surface area contributed by atoms with Crippen molar-refractivity contribution in [1.82, 2.24) is 19.6 Å². The molecule has 0 spiro atoms. The van der Waals surface area contributed by atoms with Crippen LogP contribution in [0.2, 0.25) is 0 Å². The fraction of sp³-hybridized carbons (Fsp3) is 0.238. The molecule has 2 heterocycles. The maximum atomic E-state index is 9.49. The van der Waals surface area contributed by atoms with E-state index in [9.17, 15) is 5.26 Å². The van der Waals surface area contributed by atoms with Crippen molar-refractivity contribution >= 4 is 22.5 Å². The minimum atomic E-state index is 0.455. The van der Waals surface area contributed by atoms with Crippen LogP contribution in [0.1, 0.15) is 23.9 Å². The van der Waals surface area contributed by atoms with E-state index < -0.39 is 0 Å². The molecule has 0 saturated carbocycles. The third-order valence-electron chi connectivity index (χ3n) is 4.71. The number of aryl methyl sites for hydroxylation is 1. The topological polar surface area (TPSA) is 97.4 Å². The first-order valence-corrected chi connectivity index (χ1v) is 9.21. The molecule has 2 aromatic heterocycles. The van der Waals surface area contributed by atoms with E-state index in [4.69, 9.17) is 9.47 Å². The van der Waals surface area contributed by atoms with Crippen molar-refractivity contribution in [2.75, 3.05) is 19.5 Å². The summed E-state index contributed by atoms with van der Waals surface area (Å²) in [6, 6.07) is 13.3. The SMILES string of the molecule is CCc1nc2c3cccc(C#N)c3nc(NCc3ccc(OC)cc3OC)n2n1. The van der Waals surface area contributed by atoms with Gasteiger partial charge in [-0.05, 0) is 24.3 Å². The summed E-state index contributed by atoms with van der Waals surface area (Å²) >= 11 is 0. The molecule has 146 valence electrons. The van der Waals surface area contributed by atoms with Crippen molar-refractivity contribution in [3.05, 3.63) is 53.3 Å². The van der Waals surface area contributed by atoms with Crippen LogP contribution in [-0.4, -0.2) is 33.8 Å². The second-order valence-corrected chi connectivity index (χ2v) is 6.40.